The Labute approximate surface area is 166 Å². The predicted octanol–water partition coefficient (Wildman–Crippen LogP) is 4.52. The van der Waals surface area contributed by atoms with E-state index in [0.29, 0.717) is 6.04 Å². The molecule has 2 aromatic heterocycles. The third-order valence-corrected chi connectivity index (χ3v) is 5.49. The Kier molecular flexibility index (Phi) is 4.92. The second-order valence-electron chi connectivity index (χ2n) is 7.94. The van der Waals surface area contributed by atoms with E-state index in [4.69, 9.17) is 10.1 Å². The fourth-order valence-corrected chi connectivity index (χ4v) is 3.82. The molecule has 1 amide bonds. The molecule has 0 saturated heterocycles. The van der Waals surface area contributed by atoms with E-state index in [9.17, 15) is 4.79 Å². The second kappa shape index (κ2) is 7.38. The largest absolute Gasteiger partial charge is 0.339 e. The van der Waals surface area contributed by atoms with E-state index in [1.807, 2.05) is 30.5 Å². The monoisotopic (exact) mass is 376 g/mol. The molecular formula is C23H28N4O. The lowest BCUT2D eigenvalue weighted by atomic mass is 9.99. The summed E-state index contributed by atoms with van der Waals surface area (Å²) in [6.45, 7) is 8.98. The zero-order chi connectivity index (χ0) is 19.8. The Balaban J connectivity index is 1.83. The van der Waals surface area contributed by atoms with Gasteiger partial charge in [0.2, 0.25) is 5.91 Å². The fraction of sp³-hybridized carbons (Fsp3) is 0.435. The number of aromatic nitrogens is 3. The van der Waals surface area contributed by atoms with Gasteiger partial charge in [-0.15, -0.1) is 0 Å². The zero-order valence-corrected chi connectivity index (χ0v) is 17.1. The Morgan fingerprint density at radius 2 is 1.89 bits per heavy atom. The number of aryl methyl sites for hydroxylation is 2. The summed E-state index contributed by atoms with van der Waals surface area (Å²) in [5.74, 6) is -0.115. The molecule has 1 unspecified atom stereocenters. The minimum Gasteiger partial charge on any atom is -0.339 e. The van der Waals surface area contributed by atoms with Gasteiger partial charge in [-0.2, -0.15) is 5.10 Å². The maximum atomic E-state index is 13.4. The summed E-state index contributed by atoms with van der Waals surface area (Å²) >= 11 is 0. The van der Waals surface area contributed by atoms with Gasteiger partial charge in [-0.25, -0.2) is 9.50 Å². The van der Waals surface area contributed by atoms with Gasteiger partial charge in [0.05, 0.1) is 23.0 Å². The van der Waals surface area contributed by atoms with Crippen molar-refractivity contribution in [2.24, 2.45) is 0 Å². The lowest BCUT2D eigenvalue weighted by Gasteiger charge is -2.25. The average molecular weight is 377 g/mol. The van der Waals surface area contributed by atoms with Gasteiger partial charge in [0, 0.05) is 18.2 Å². The number of benzene rings is 1. The summed E-state index contributed by atoms with van der Waals surface area (Å²) in [5, 5.41) is 4.69. The van der Waals surface area contributed by atoms with Crippen LogP contribution in [0.5, 0.6) is 0 Å². The van der Waals surface area contributed by atoms with Crippen LogP contribution in [0.3, 0.4) is 0 Å². The molecule has 1 atom stereocenters. The standard InChI is InChI=1S/C23H28N4O/c1-5-14-26(19-11-12-19)23(28)17(4)22-21(18-9-6-15(2)7-10-18)24-20-13-8-16(3)25-27(20)22/h6-10,13,17,19H,5,11-12,14H2,1-4H3. The van der Waals surface area contributed by atoms with E-state index in [-0.39, 0.29) is 11.8 Å². The summed E-state index contributed by atoms with van der Waals surface area (Å²) < 4.78 is 1.87. The number of carbonyl (C=O) groups is 1. The molecule has 5 nitrogen and oxygen atoms in total. The third kappa shape index (κ3) is 3.41. The van der Waals surface area contributed by atoms with E-state index in [2.05, 4.69) is 43.0 Å². The molecule has 2 heterocycles. The first-order valence-corrected chi connectivity index (χ1v) is 10.2. The number of rotatable bonds is 6. The van der Waals surface area contributed by atoms with Gasteiger partial charge in [0.25, 0.3) is 0 Å². The molecule has 1 aromatic carbocycles. The summed E-state index contributed by atoms with van der Waals surface area (Å²) in [6, 6.07) is 12.7. The number of fused-ring (bicyclic) bond motifs is 1. The molecule has 1 saturated carbocycles. The summed E-state index contributed by atoms with van der Waals surface area (Å²) in [5.41, 5.74) is 5.66. The maximum absolute atomic E-state index is 13.4. The molecule has 3 aromatic rings. The van der Waals surface area contributed by atoms with Crippen LogP contribution in [0.2, 0.25) is 0 Å². The summed E-state index contributed by atoms with van der Waals surface area (Å²) in [6.07, 6.45) is 3.21. The van der Waals surface area contributed by atoms with E-state index in [1.54, 1.807) is 0 Å². The lowest BCUT2D eigenvalue weighted by molar-refractivity contribution is -0.133. The molecule has 0 N–H and O–H groups in total. The van der Waals surface area contributed by atoms with Crippen molar-refractivity contribution in [3.63, 3.8) is 0 Å². The van der Waals surface area contributed by atoms with E-state index in [0.717, 1.165) is 54.1 Å². The van der Waals surface area contributed by atoms with Crippen molar-refractivity contribution in [2.75, 3.05) is 6.54 Å². The average Bonchev–Trinajstić information content (AvgIpc) is 3.46. The molecule has 1 fully saturated rings. The molecule has 0 bridgehead atoms. The molecule has 1 aliphatic carbocycles. The Bertz CT molecular complexity index is 1000. The Morgan fingerprint density at radius 3 is 2.54 bits per heavy atom. The van der Waals surface area contributed by atoms with Gasteiger partial charge in [-0.3, -0.25) is 4.79 Å². The van der Waals surface area contributed by atoms with Crippen LogP contribution in [-0.4, -0.2) is 38.0 Å². The number of nitrogens with zero attached hydrogens (tertiary/aromatic N) is 4. The first kappa shape index (κ1) is 18.7. The first-order chi connectivity index (χ1) is 13.5. The highest BCUT2D eigenvalue weighted by Crippen LogP contribution is 2.34. The molecule has 5 heteroatoms. The van der Waals surface area contributed by atoms with Gasteiger partial charge in [0.15, 0.2) is 5.65 Å². The molecule has 0 spiro atoms. The highest BCUT2D eigenvalue weighted by Gasteiger charge is 2.36. The van der Waals surface area contributed by atoms with Crippen molar-refractivity contribution in [3.05, 3.63) is 53.3 Å². The number of amides is 1. The van der Waals surface area contributed by atoms with Crippen molar-refractivity contribution in [2.45, 2.75) is 58.9 Å². The molecular weight excluding hydrogens is 348 g/mol. The van der Waals surface area contributed by atoms with Crippen molar-refractivity contribution >= 4 is 11.6 Å². The van der Waals surface area contributed by atoms with Gasteiger partial charge in [-0.1, -0.05) is 36.8 Å². The smallest absolute Gasteiger partial charge is 0.231 e. The highest BCUT2D eigenvalue weighted by atomic mass is 16.2. The Hall–Kier alpha value is -2.69. The van der Waals surface area contributed by atoms with Crippen LogP contribution in [0, 0.1) is 13.8 Å². The Morgan fingerprint density at radius 1 is 1.18 bits per heavy atom. The van der Waals surface area contributed by atoms with Crippen molar-refractivity contribution in [3.8, 4) is 11.3 Å². The molecule has 0 aliphatic heterocycles. The minimum atomic E-state index is -0.298. The fourth-order valence-electron chi connectivity index (χ4n) is 3.82. The minimum absolute atomic E-state index is 0.183. The quantitative estimate of drug-likeness (QED) is 0.636. The molecule has 0 radical (unpaired) electrons. The molecule has 28 heavy (non-hydrogen) atoms. The van der Waals surface area contributed by atoms with Gasteiger partial charge < -0.3 is 4.90 Å². The van der Waals surface area contributed by atoms with Crippen LogP contribution in [0.25, 0.3) is 16.9 Å². The van der Waals surface area contributed by atoms with Crippen molar-refractivity contribution in [1.82, 2.24) is 19.5 Å². The summed E-state index contributed by atoms with van der Waals surface area (Å²) in [7, 11) is 0. The molecule has 4 rings (SSSR count). The zero-order valence-electron chi connectivity index (χ0n) is 17.1. The maximum Gasteiger partial charge on any atom is 0.231 e. The van der Waals surface area contributed by atoms with E-state index in [1.165, 1.54) is 5.56 Å². The van der Waals surface area contributed by atoms with E-state index < -0.39 is 0 Å². The van der Waals surface area contributed by atoms with Crippen molar-refractivity contribution < 1.29 is 4.79 Å². The van der Waals surface area contributed by atoms with Crippen LogP contribution in [-0.2, 0) is 4.79 Å². The van der Waals surface area contributed by atoms with Crippen molar-refractivity contribution in [1.29, 1.82) is 0 Å². The van der Waals surface area contributed by atoms with Crippen LogP contribution in [0.1, 0.15) is 56.0 Å². The van der Waals surface area contributed by atoms with Gasteiger partial charge in [-0.05, 0) is 52.2 Å². The highest BCUT2D eigenvalue weighted by molar-refractivity contribution is 5.86. The number of carbonyl (C=O) groups excluding carboxylic acids is 1. The molecule has 146 valence electrons. The SMILES string of the molecule is CCCN(C(=O)C(C)c1c(-c2ccc(C)cc2)nc2ccc(C)nn12)C1CC1. The van der Waals surface area contributed by atoms with Crippen LogP contribution in [0.15, 0.2) is 36.4 Å². The van der Waals surface area contributed by atoms with Gasteiger partial charge in [0.1, 0.15) is 0 Å². The number of hydrogen-bond donors (Lipinski definition) is 0. The second-order valence-corrected chi connectivity index (χ2v) is 7.94. The molecule has 1 aliphatic rings. The normalized spacial score (nSPS) is 15.0. The van der Waals surface area contributed by atoms with Crippen LogP contribution >= 0.6 is 0 Å². The third-order valence-electron chi connectivity index (χ3n) is 5.49. The summed E-state index contributed by atoms with van der Waals surface area (Å²) in [4.78, 5) is 20.4. The van der Waals surface area contributed by atoms with Gasteiger partial charge >= 0.3 is 0 Å². The van der Waals surface area contributed by atoms with E-state index >= 15 is 0 Å². The lowest BCUT2D eigenvalue weighted by Crippen LogP contribution is -2.37. The topological polar surface area (TPSA) is 50.5 Å². The predicted molar refractivity (Wildman–Crippen MR) is 111 cm³/mol. The van der Waals surface area contributed by atoms with Crippen LogP contribution < -0.4 is 0 Å². The number of imidazole rings is 1. The first-order valence-electron chi connectivity index (χ1n) is 10.2. The van der Waals surface area contributed by atoms with Crippen LogP contribution in [0.4, 0.5) is 0 Å². The number of hydrogen-bond acceptors (Lipinski definition) is 3.